The SMILES string of the molecule is CCCCCCCCOS(=O)(=O)[O-].CCCCCCCCS(=O)(=O)[O-].[Na+].[Na+]. The third-order valence-corrected chi connectivity index (χ3v) is 4.72. The molecule has 0 unspecified atom stereocenters. The Labute approximate surface area is 211 Å². The maximum absolute atomic E-state index is 10.2. The van der Waals surface area contributed by atoms with E-state index in [1.165, 1.54) is 32.1 Å². The number of rotatable bonds is 15. The van der Waals surface area contributed by atoms with Crippen molar-refractivity contribution in [2.24, 2.45) is 0 Å². The van der Waals surface area contributed by atoms with Gasteiger partial charge in [-0.3, -0.25) is 4.18 Å². The largest absolute Gasteiger partial charge is 1.00 e. The Morgan fingerprint density at radius 3 is 1.37 bits per heavy atom. The molecular formula is C16H34Na2O7S2. The summed E-state index contributed by atoms with van der Waals surface area (Å²) in [5.74, 6) is -0.195. The van der Waals surface area contributed by atoms with Crippen molar-refractivity contribution in [1.29, 1.82) is 0 Å². The minimum Gasteiger partial charge on any atom is -0.748 e. The van der Waals surface area contributed by atoms with Crippen LogP contribution < -0.4 is 59.1 Å². The van der Waals surface area contributed by atoms with E-state index in [1.807, 2.05) is 0 Å². The Hall–Kier alpha value is 1.78. The van der Waals surface area contributed by atoms with Gasteiger partial charge in [-0.25, -0.2) is 16.8 Å². The van der Waals surface area contributed by atoms with Gasteiger partial charge in [0, 0.05) is 5.75 Å². The Kier molecular flexibility index (Phi) is 32.2. The summed E-state index contributed by atoms with van der Waals surface area (Å²) in [6.45, 7) is 4.28. The third-order valence-electron chi connectivity index (χ3n) is 3.47. The number of hydrogen-bond donors (Lipinski definition) is 0. The molecule has 0 N–H and O–H groups in total. The smallest absolute Gasteiger partial charge is 0.748 e. The van der Waals surface area contributed by atoms with Crippen LogP contribution in [-0.4, -0.2) is 38.3 Å². The number of hydrogen-bond acceptors (Lipinski definition) is 7. The molecular weight excluding hydrogens is 414 g/mol. The molecule has 0 aromatic rings. The average molecular weight is 449 g/mol. The van der Waals surface area contributed by atoms with Crippen molar-refractivity contribution >= 4 is 20.5 Å². The van der Waals surface area contributed by atoms with E-state index in [9.17, 15) is 25.9 Å². The second kappa shape index (κ2) is 24.1. The van der Waals surface area contributed by atoms with Crippen molar-refractivity contribution in [2.75, 3.05) is 12.4 Å². The van der Waals surface area contributed by atoms with Gasteiger partial charge in [-0.1, -0.05) is 78.1 Å². The zero-order valence-corrected chi connectivity index (χ0v) is 23.2. The predicted molar refractivity (Wildman–Crippen MR) is 97.0 cm³/mol. The van der Waals surface area contributed by atoms with Crippen LogP contribution in [0.2, 0.25) is 0 Å². The Balaban J connectivity index is -0.000000183. The molecule has 0 rings (SSSR count). The normalized spacial score (nSPS) is 11.0. The Bertz CT molecular complexity index is 483. The topological polar surface area (TPSA) is 124 Å². The van der Waals surface area contributed by atoms with Crippen LogP contribution >= 0.6 is 0 Å². The second-order valence-electron chi connectivity index (χ2n) is 6.03. The van der Waals surface area contributed by atoms with Crippen molar-refractivity contribution in [3.05, 3.63) is 0 Å². The van der Waals surface area contributed by atoms with Crippen molar-refractivity contribution in [2.45, 2.75) is 90.9 Å². The minimum atomic E-state index is -4.47. The molecule has 0 amide bonds. The molecule has 27 heavy (non-hydrogen) atoms. The summed E-state index contributed by atoms with van der Waals surface area (Å²) < 4.78 is 64.5. The molecule has 0 atom stereocenters. The van der Waals surface area contributed by atoms with Crippen molar-refractivity contribution < 1.29 is 89.2 Å². The fourth-order valence-corrected chi connectivity index (χ4v) is 2.98. The first-order valence-corrected chi connectivity index (χ1v) is 12.1. The Morgan fingerprint density at radius 1 is 0.630 bits per heavy atom. The Morgan fingerprint density at radius 2 is 1.00 bits per heavy atom. The molecule has 0 aliphatic carbocycles. The summed E-state index contributed by atoms with van der Waals surface area (Å²) in [6, 6.07) is 0. The minimum absolute atomic E-state index is 0. The predicted octanol–water partition coefficient (Wildman–Crippen LogP) is -2.28. The first-order chi connectivity index (χ1) is 11.6. The van der Waals surface area contributed by atoms with Crippen molar-refractivity contribution in [1.82, 2.24) is 0 Å². The molecule has 0 saturated carbocycles. The zero-order chi connectivity index (χ0) is 19.6. The van der Waals surface area contributed by atoms with Gasteiger partial charge in [-0.2, -0.15) is 0 Å². The van der Waals surface area contributed by atoms with E-state index >= 15 is 0 Å². The summed E-state index contributed by atoms with van der Waals surface area (Å²) in [6.07, 6.45) is 12.2. The van der Waals surface area contributed by atoms with Crippen LogP contribution in [0.25, 0.3) is 0 Å². The summed E-state index contributed by atoms with van der Waals surface area (Å²) >= 11 is 0. The van der Waals surface area contributed by atoms with Crippen LogP contribution in [0, 0.1) is 0 Å². The van der Waals surface area contributed by atoms with E-state index in [1.54, 1.807) is 0 Å². The molecule has 0 bridgehead atoms. The van der Waals surface area contributed by atoms with Gasteiger partial charge in [0.05, 0.1) is 16.7 Å². The van der Waals surface area contributed by atoms with Crippen LogP contribution in [0.5, 0.6) is 0 Å². The zero-order valence-electron chi connectivity index (χ0n) is 17.6. The fraction of sp³-hybridized carbons (Fsp3) is 1.00. The molecule has 11 heteroatoms. The molecule has 7 nitrogen and oxygen atoms in total. The quantitative estimate of drug-likeness (QED) is 0.120. The first-order valence-electron chi connectivity index (χ1n) is 9.16. The maximum Gasteiger partial charge on any atom is 1.00 e. The summed E-state index contributed by atoms with van der Waals surface area (Å²) in [4.78, 5) is 0. The molecule has 0 aromatic carbocycles. The van der Waals surface area contributed by atoms with Gasteiger partial charge < -0.3 is 9.11 Å². The van der Waals surface area contributed by atoms with E-state index < -0.39 is 20.5 Å². The van der Waals surface area contributed by atoms with Crippen LogP contribution in [0.4, 0.5) is 0 Å². The molecule has 0 fully saturated rings. The van der Waals surface area contributed by atoms with Crippen LogP contribution in [0.3, 0.4) is 0 Å². The molecule has 0 spiro atoms. The van der Waals surface area contributed by atoms with Crippen molar-refractivity contribution in [3.8, 4) is 0 Å². The second-order valence-corrected chi connectivity index (χ2v) is 8.60. The van der Waals surface area contributed by atoms with Gasteiger partial charge in [-0.05, 0) is 12.8 Å². The third kappa shape index (κ3) is 42.8. The summed E-state index contributed by atoms with van der Waals surface area (Å²) in [5.41, 5.74) is 0. The molecule has 0 aliphatic heterocycles. The molecule has 0 heterocycles. The van der Waals surface area contributed by atoms with Crippen LogP contribution in [0.15, 0.2) is 0 Å². The number of unbranched alkanes of at least 4 members (excludes halogenated alkanes) is 10. The van der Waals surface area contributed by atoms with Gasteiger partial charge in [0.25, 0.3) is 0 Å². The average Bonchev–Trinajstić information content (AvgIpc) is 2.48. The first kappa shape index (κ1) is 36.2. The summed E-state index contributed by atoms with van der Waals surface area (Å²) in [7, 11) is -8.44. The molecule has 0 radical (unpaired) electrons. The van der Waals surface area contributed by atoms with E-state index in [4.69, 9.17) is 0 Å². The molecule has 0 aromatic heterocycles. The van der Waals surface area contributed by atoms with E-state index in [-0.39, 0.29) is 71.5 Å². The van der Waals surface area contributed by atoms with Gasteiger partial charge in [-0.15, -0.1) is 0 Å². The standard InChI is InChI=1S/C8H18O4S.C8H18O3S.2Na/c1-2-3-4-5-6-7-8-12-13(9,10)11;1-2-3-4-5-6-7-8-12(9,10)11;;/h2-8H2,1H3,(H,9,10,11);2-8H2,1H3,(H,9,10,11);;/q;;2*+1/p-2. The van der Waals surface area contributed by atoms with E-state index in [0.717, 1.165) is 32.1 Å². The monoisotopic (exact) mass is 448 g/mol. The summed E-state index contributed by atoms with van der Waals surface area (Å²) in [5, 5.41) is 0. The van der Waals surface area contributed by atoms with Gasteiger partial charge in [0.1, 0.15) is 0 Å². The van der Waals surface area contributed by atoms with Crippen LogP contribution in [0.1, 0.15) is 90.9 Å². The van der Waals surface area contributed by atoms with E-state index in [2.05, 4.69) is 18.0 Å². The van der Waals surface area contributed by atoms with Gasteiger partial charge in [0.2, 0.25) is 10.4 Å². The molecule has 0 saturated heterocycles. The van der Waals surface area contributed by atoms with Crippen molar-refractivity contribution in [3.63, 3.8) is 0 Å². The van der Waals surface area contributed by atoms with Gasteiger partial charge >= 0.3 is 59.1 Å². The fourth-order valence-electron chi connectivity index (χ4n) is 2.10. The maximum atomic E-state index is 10.2. The molecule has 154 valence electrons. The van der Waals surface area contributed by atoms with Crippen LogP contribution in [-0.2, 0) is 24.7 Å². The van der Waals surface area contributed by atoms with Gasteiger partial charge in [0.15, 0.2) is 0 Å². The van der Waals surface area contributed by atoms with E-state index in [0.29, 0.717) is 12.8 Å². The molecule has 0 aliphatic rings.